The second-order valence-corrected chi connectivity index (χ2v) is 6.63. The number of thiophene rings is 1. The largest absolute Gasteiger partial charge is 0.367 e. The third-order valence-corrected chi connectivity index (χ3v) is 5.63. The molecule has 0 radical (unpaired) electrons. The molecule has 0 saturated carbocycles. The van der Waals surface area contributed by atoms with E-state index in [1.165, 1.54) is 49.9 Å². The summed E-state index contributed by atoms with van der Waals surface area (Å²) in [6, 6.07) is 8.88. The molecule has 1 nitrogen and oxygen atoms in total. The normalized spacial score (nSPS) is 17.4. The van der Waals surface area contributed by atoms with Crippen LogP contribution in [0.25, 0.3) is 0 Å². The van der Waals surface area contributed by atoms with Crippen LogP contribution in [0.1, 0.15) is 34.4 Å². The van der Waals surface area contributed by atoms with Gasteiger partial charge in [-0.05, 0) is 60.2 Å². The molecule has 0 spiro atoms. The quantitative estimate of drug-likeness (QED) is 0.790. The van der Waals surface area contributed by atoms with Crippen molar-refractivity contribution in [2.24, 2.45) is 0 Å². The Kier molecular flexibility index (Phi) is 2.84. The Bertz CT molecular complexity index is 599. The van der Waals surface area contributed by atoms with Crippen LogP contribution in [0.15, 0.2) is 29.6 Å². The predicted molar refractivity (Wildman–Crippen MR) is 82.2 cm³/mol. The van der Waals surface area contributed by atoms with Crippen LogP contribution in [-0.4, -0.2) is 6.54 Å². The predicted octanol–water partition coefficient (Wildman–Crippen LogP) is 4.19. The molecule has 2 aromatic rings. The summed E-state index contributed by atoms with van der Waals surface area (Å²) in [5.41, 5.74) is 6.25. The van der Waals surface area contributed by atoms with E-state index >= 15 is 0 Å². The van der Waals surface area contributed by atoms with Gasteiger partial charge >= 0.3 is 0 Å². The van der Waals surface area contributed by atoms with Gasteiger partial charge in [0.05, 0.1) is 0 Å². The number of nitrogens with zero attached hydrogens (tertiary/aromatic N) is 1. The van der Waals surface area contributed by atoms with Gasteiger partial charge in [-0.1, -0.05) is 18.2 Å². The van der Waals surface area contributed by atoms with E-state index in [1.807, 2.05) is 11.3 Å². The molecule has 19 heavy (non-hydrogen) atoms. The van der Waals surface area contributed by atoms with Crippen LogP contribution in [-0.2, 0) is 25.8 Å². The molecule has 0 amide bonds. The van der Waals surface area contributed by atoms with Crippen molar-refractivity contribution in [3.8, 4) is 0 Å². The van der Waals surface area contributed by atoms with Gasteiger partial charge in [-0.3, -0.25) is 0 Å². The Labute approximate surface area is 118 Å². The van der Waals surface area contributed by atoms with E-state index in [4.69, 9.17) is 0 Å². The number of fused-ring (bicyclic) bond motifs is 2. The van der Waals surface area contributed by atoms with E-state index < -0.39 is 0 Å². The highest BCUT2D eigenvalue weighted by Gasteiger charge is 2.21. The molecule has 0 atom stereocenters. The summed E-state index contributed by atoms with van der Waals surface area (Å²) in [7, 11) is 0. The van der Waals surface area contributed by atoms with Gasteiger partial charge in [0.2, 0.25) is 0 Å². The van der Waals surface area contributed by atoms with Gasteiger partial charge in [0.25, 0.3) is 0 Å². The van der Waals surface area contributed by atoms with Crippen LogP contribution >= 0.6 is 11.3 Å². The summed E-state index contributed by atoms with van der Waals surface area (Å²) >= 11 is 1.99. The number of rotatable bonds is 2. The Morgan fingerprint density at radius 1 is 1.05 bits per heavy atom. The van der Waals surface area contributed by atoms with E-state index in [0.29, 0.717) is 0 Å². The smallest absolute Gasteiger partial charge is 0.0440 e. The Balaban J connectivity index is 1.61. The average Bonchev–Trinajstić information content (AvgIpc) is 3.05. The fourth-order valence-electron chi connectivity index (χ4n) is 3.47. The lowest BCUT2D eigenvalue weighted by molar-refractivity contribution is 0.687. The number of anilines is 1. The summed E-state index contributed by atoms with van der Waals surface area (Å²) in [5.74, 6) is 0. The molecule has 1 aromatic heterocycles. The summed E-state index contributed by atoms with van der Waals surface area (Å²) in [6.45, 7) is 2.30. The van der Waals surface area contributed by atoms with E-state index in [1.54, 1.807) is 16.0 Å². The molecule has 0 saturated heterocycles. The number of para-hydroxylation sites is 1. The first-order valence-corrected chi connectivity index (χ1v) is 8.21. The Morgan fingerprint density at radius 2 is 1.95 bits per heavy atom. The molecule has 1 aliphatic heterocycles. The lowest BCUT2D eigenvalue weighted by Gasteiger charge is -2.21. The molecule has 0 bridgehead atoms. The second-order valence-electron chi connectivity index (χ2n) is 5.67. The van der Waals surface area contributed by atoms with Crippen molar-refractivity contribution < 1.29 is 0 Å². The van der Waals surface area contributed by atoms with Crippen molar-refractivity contribution in [3.63, 3.8) is 0 Å². The molecule has 0 fully saturated rings. The standard InChI is InChI=1S/C17H19NS/c1-3-7-16-13(5-1)9-10-18(16)11-14-12-19-17-8-4-2-6-15(14)17/h1,3,5,7,12H,2,4,6,8-11H2. The summed E-state index contributed by atoms with van der Waals surface area (Å²) < 4.78 is 0. The maximum atomic E-state index is 2.56. The maximum absolute atomic E-state index is 2.56. The van der Waals surface area contributed by atoms with Gasteiger partial charge in [-0.25, -0.2) is 0 Å². The zero-order valence-corrected chi connectivity index (χ0v) is 12.0. The third kappa shape index (κ3) is 1.99. The third-order valence-electron chi connectivity index (χ3n) is 4.49. The summed E-state index contributed by atoms with van der Waals surface area (Å²) in [4.78, 5) is 4.22. The summed E-state index contributed by atoms with van der Waals surface area (Å²) in [6.07, 6.45) is 6.61. The van der Waals surface area contributed by atoms with Gasteiger partial charge in [0.1, 0.15) is 0 Å². The highest BCUT2D eigenvalue weighted by Crippen LogP contribution is 2.34. The molecule has 4 rings (SSSR count). The monoisotopic (exact) mass is 269 g/mol. The van der Waals surface area contributed by atoms with E-state index in [0.717, 1.165) is 6.54 Å². The summed E-state index contributed by atoms with van der Waals surface area (Å²) in [5, 5.41) is 2.41. The Morgan fingerprint density at radius 3 is 2.95 bits per heavy atom. The van der Waals surface area contributed by atoms with Crippen LogP contribution in [0.2, 0.25) is 0 Å². The van der Waals surface area contributed by atoms with Crippen molar-refractivity contribution >= 4 is 17.0 Å². The number of benzene rings is 1. The van der Waals surface area contributed by atoms with Crippen molar-refractivity contribution in [2.75, 3.05) is 11.4 Å². The Hall–Kier alpha value is -1.28. The maximum Gasteiger partial charge on any atom is 0.0440 e. The number of hydrogen-bond donors (Lipinski definition) is 0. The first-order valence-electron chi connectivity index (χ1n) is 7.33. The first-order chi connectivity index (χ1) is 9.42. The molecule has 0 N–H and O–H groups in total. The lowest BCUT2D eigenvalue weighted by Crippen LogP contribution is -2.20. The van der Waals surface area contributed by atoms with Gasteiger partial charge < -0.3 is 4.90 Å². The average molecular weight is 269 g/mol. The van der Waals surface area contributed by atoms with E-state index in [2.05, 4.69) is 34.5 Å². The zero-order chi connectivity index (χ0) is 12.7. The topological polar surface area (TPSA) is 3.24 Å². The molecule has 2 heteroatoms. The van der Waals surface area contributed by atoms with Crippen molar-refractivity contribution in [3.05, 3.63) is 51.2 Å². The fourth-order valence-corrected chi connectivity index (χ4v) is 4.61. The highest BCUT2D eigenvalue weighted by molar-refractivity contribution is 7.10. The minimum Gasteiger partial charge on any atom is -0.367 e. The van der Waals surface area contributed by atoms with Crippen LogP contribution in [0, 0.1) is 0 Å². The van der Waals surface area contributed by atoms with Gasteiger partial charge in [-0.15, -0.1) is 11.3 Å². The van der Waals surface area contributed by atoms with Crippen LogP contribution in [0.4, 0.5) is 5.69 Å². The highest BCUT2D eigenvalue weighted by atomic mass is 32.1. The minimum atomic E-state index is 1.11. The van der Waals surface area contributed by atoms with Crippen LogP contribution in [0.5, 0.6) is 0 Å². The molecule has 1 aliphatic carbocycles. The molecule has 2 aliphatic rings. The molecule has 0 unspecified atom stereocenters. The van der Waals surface area contributed by atoms with Gasteiger partial charge in [-0.2, -0.15) is 0 Å². The zero-order valence-electron chi connectivity index (χ0n) is 11.2. The molecule has 1 aromatic carbocycles. The fraction of sp³-hybridized carbons (Fsp3) is 0.412. The van der Waals surface area contributed by atoms with Crippen molar-refractivity contribution in [1.29, 1.82) is 0 Å². The SMILES string of the molecule is c1ccc2c(c1)CCN2Cc1csc2c1CCCC2. The number of hydrogen-bond acceptors (Lipinski definition) is 2. The van der Waals surface area contributed by atoms with Crippen LogP contribution in [0.3, 0.4) is 0 Å². The van der Waals surface area contributed by atoms with Gasteiger partial charge in [0.15, 0.2) is 0 Å². The van der Waals surface area contributed by atoms with Gasteiger partial charge in [0, 0.05) is 23.7 Å². The molecule has 98 valence electrons. The van der Waals surface area contributed by atoms with E-state index in [-0.39, 0.29) is 0 Å². The first kappa shape index (κ1) is 11.5. The molecular weight excluding hydrogens is 250 g/mol. The number of aryl methyl sites for hydroxylation is 1. The van der Waals surface area contributed by atoms with E-state index in [9.17, 15) is 0 Å². The minimum absolute atomic E-state index is 1.11. The molecular formula is C17H19NS. The van der Waals surface area contributed by atoms with Crippen molar-refractivity contribution in [2.45, 2.75) is 38.6 Å². The van der Waals surface area contributed by atoms with Crippen LogP contribution < -0.4 is 4.90 Å². The lowest BCUT2D eigenvalue weighted by atomic mass is 9.96. The molecule has 2 heterocycles. The second kappa shape index (κ2) is 4.68. The van der Waals surface area contributed by atoms with Crippen molar-refractivity contribution in [1.82, 2.24) is 0 Å².